The molecular weight excluding hydrogens is 498 g/mol. The van der Waals surface area contributed by atoms with Gasteiger partial charge in [0.15, 0.2) is 9.84 Å². The zero-order valence-corrected chi connectivity index (χ0v) is 24.6. The van der Waals surface area contributed by atoms with Gasteiger partial charge in [0.25, 0.3) is 0 Å². The summed E-state index contributed by atoms with van der Waals surface area (Å²) in [5.74, 6) is -0.144. The number of sulfone groups is 1. The number of benzene rings is 2. The Morgan fingerprint density at radius 1 is 0.789 bits per heavy atom. The van der Waals surface area contributed by atoms with E-state index in [1.54, 1.807) is 12.1 Å². The van der Waals surface area contributed by atoms with Crippen LogP contribution >= 0.6 is 0 Å². The molecule has 6 nitrogen and oxygen atoms in total. The lowest BCUT2D eigenvalue weighted by molar-refractivity contribution is 0.0457. The third-order valence-corrected chi connectivity index (χ3v) is 9.08. The normalized spacial score (nSPS) is 12.5. The van der Waals surface area contributed by atoms with Crippen LogP contribution in [0.3, 0.4) is 0 Å². The number of carboxylic acid groups (broad SMARTS) is 1. The maximum absolute atomic E-state index is 13.3. The second-order valence-corrected chi connectivity index (χ2v) is 12.7. The van der Waals surface area contributed by atoms with E-state index in [2.05, 4.69) is 6.92 Å². The highest BCUT2D eigenvalue weighted by molar-refractivity contribution is 7.91. The van der Waals surface area contributed by atoms with Gasteiger partial charge in [-0.3, -0.25) is 0 Å². The second kappa shape index (κ2) is 17.3. The number of rotatable bonds is 20. The Kier molecular flexibility index (Phi) is 14.6. The SMILES string of the molecule is CCCCCCCCCCCCCCCC(CCS(=O)(=O)c1cccc2c(N(C)C)cccc12)OC(=O)O. The second-order valence-electron chi connectivity index (χ2n) is 10.7. The van der Waals surface area contributed by atoms with Crippen molar-refractivity contribution in [3.8, 4) is 0 Å². The molecule has 1 N–H and O–H groups in total. The van der Waals surface area contributed by atoms with Crippen LogP contribution < -0.4 is 4.90 Å². The first kappa shape index (κ1) is 31.9. The van der Waals surface area contributed by atoms with Crippen molar-refractivity contribution in [3.05, 3.63) is 36.4 Å². The van der Waals surface area contributed by atoms with Crippen molar-refractivity contribution in [2.75, 3.05) is 24.7 Å². The van der Waals surface area contributed by atoms with E-state index >= 15 is 0 Å². The Morgan fingerprint density at radius 3 is 1.87 bits per heavy atom. The lowest BCUT2D eigenvalue weighted by atomic mass is 10.0. The summed E-state index contributed by atoms with van der Waals surface area (Å²) >= 11 is 0. The molecule has 0 heterocycles. The number of fused-ring (bicyclic) bond motifs is 1. The average Bonchev–Trinajstić information content (AvgIpc) is 2.88. The van der Waals surface area contributed by atoms with E-state index in [0.717, 1.165) is 30.3 Å². The van der Waals surface area contributed by atoms with Crippen molar-refractivity contribution in [2.24, 2.45) is 0 Å². The molecule has 2 rings (SSSR count). The van der Waals surface area contributed by atoms with Gasteiger partial charge in [-0.25, -0.2) is 13.2 Å². The summed E-state index contributed by atoms with van der Waals surface area (Å²) in [6, 6.07) is 11.0. The predicted molar refractivity (Wildman–Crippen MR) is 158 cm³/mol. The van der Waals surface area contributed by atoms with Crippen molar-refractivity contribution >= 4 is 32.5 Å². The van der Waals surface area contributed by atoms with E-state index in [9.17, 15) is 18.3 Å². The first-order chi connectivity index (χ1) is 18.3. The van der Waals surface area contributed by atoms with Gasteiger partial charge in [0, 0.05) is 30.6 Å². The summed E-state index contributed by atoms with van der Waals surface area (Å²) in [4.78, 5) is 13.5. The quantitative estimate of drug-likeness (QED) is 0.132. The Morgan fingerprint density at radius 2 is 1.32 bits per heavy atom. The van der Waals surface area contributed by atoms with Gasteiger partial charge in [-0.05, 0) is 31.4 Å². The first-order valence-electron chi connectivity index (χ1n) is 14.6. The molecule has 214 valence electrons. The van der Waals surface area contributed by atoms with Crippen LogP contribution in [0.1, 0.15) is 103 Å². The summed E-state index contributed by atoms with van der Waals surface area (Å²) in [5.41, 5.74) is 0.953. The molecule has 0 aromatic heterocycles. The van der Waals surface area contributed by atoms with Gasteiger partial charge in [0.05, 0.1) is 10.6 Å². The highest BCUT2D eigenvalue weighted by Gasteiger charge is 2.22. The van der Waals surface area contributed by atoms with Gasteiger partial charge in [-0.2, -0.15) is 0 Å². The minimum Gasteiger partial charge on any atom is -0.450 e. The summed E-state index contributed by atoms with van der Waals surface area (Å²) in [6.07, 6.45) is 14.9. The molecule has 0 saturated heterocycles. The van der Waals surface area contributed by atoms with Crippen LogP contribution in [0.2, 0.25) is 0 Å². The van der Waals surface area contributed by atoms with E-state index in [-0.39, 0.29) is 17.1 Å². The number of unbranched alkanes of at least 4 members (excludes halogenated alkanes) is 12. The van der Waals surface area contributed by atoms with Gasteiger partial charge in [0.2, 0.25) is 0 Å². The van der Waals surface area contributed by atoms with Gasteiger partial charge in [0.1, 0.15) is 6.10 Å². The molecule has 1 unspecified atom stereocenters. The molecule has 38 heavy (non-hydrogen) atoms. The molecule has 0 saturated carbocycles. The molecule has 2 aromatic carbocycles. The number of anilines is 1. The van der Waals surface area contributed by atoms with Crippen molar-refractivity contribution in [3.63, 3.8) is 0 Å². The highest BCUT2D eigenvalue weighted by atomic mass is 32.2. The summed E-state index contributed by atoms with van der Waals surface area (Å²) in [6.45, 7) is 2.25. The third kappa shape index (κ3) is 11.2. The van der Waals surface area contributed by atoms with E-state index in [1.165, 1.54) is 64.2 Å². The smallest absolute Gasteiger partial charge is 0.450 e. The molecule has 7 heteroatoms. The van der Waals surface area contributed by atoms with Crippen molar-refractivity contribution in [1.82, 2.24) is 0 Å². The van der Waals surface area contributed by atoms with Gasteiger partial charge in [-0.1, -0.05) is 108 Å². The molecule has 0 aliphatic heterocycles. The molecule has 0 spiro atoms. The molecule has 0 bridgehead atoms. The van der Waals surface area contributed by atoms with Crippen molar-refractivity contribution in [2.45, 2.75) is 114 Å². The van der Waals surface area contributed by atoms with Gasteiger partial charge in [-0.15, -0.1) is 0 Å². The number of ether oxygens (including phenoxy) is 1. The molecule has 1 atom stereocenters. The average molecular weight is 548 g/mol. The highest BCUT2D eigenvalue weighted by Crippen LogP contribution is 2.31. The topological polar surface area (TPSA) is 83.9 Å². The molecule has 0 aliphatic rings. The molecule has 0 amide bonds. The first-order valence-corrected chi connectivity index (χ1v) is 16.2. The van der Waals surface area contributed by atoms with Crippen LogP contribution in [-0.4, -0.2) is 45.6 Å². The van der Waals surface area contributed by atoms with E-state index in [0.29, 0.717) is 11.8 Å². The zero-order chi connectivity index (χ0) is 27.8. The van der Waals surface area contributed by atoms with Gasteiger partial charge < -0.3 is 14.7 Å². The predicted octanol–water partition coefficient (Wildman–Crippen LogP) is 8.61. The Bertz CT molecular complexity index is 1070. The number of nitrogens with zero attached hydrogens (tertiary/aromatic N) is 1. The van der Waals surface area contributed by atoms with E-state index in [4.69, 9.17) is 4.74 Å². The van der Waals surface area contributed by atoms with Crippen LogP contribution in [-0.2, 0) is 14.6 Å². The number of carbonyl (C=O) groups is 1. The zero-order valence-electron chi connectivity index (χ0n) is 23.8. The van der Waals surface area contributed by atoms with Crippen molar-refractivity contribution < 1.29 is 23.1 Å². The third-order valence-electron chi connectivity index (χ3n) is 7.28. The summed E-state index contributed by atoms with van der Waals surface area (Å²) < 4.78 is 31.7. The molecular formula is C31H49NO5S. The maximum Gasteiger partial charge on any atom is 0.506 e. The molecule has 2 aromatic rings. The lowest BCUT2D eigenvalue weighted by Crippen LogP contribution is -2.21. The van der Waals surface area contributed by atoms with Crippen LogP contribution in [0.4, 0.5) is 10.5 Å². The Hall–Kier alpha value is -2.28. The van der Waals surface area contributed by atoms with E-state index < -0.39 is 22.1 Å². The largest absolute Gasteiger partial charge is 0.506 e. The van der Waals surface area contributed by atoms with Crippen LogP contribution in [0.25, 0.3) is 10.8 Å². The summed E-state index contributed by atoms with van der Waals surface area (Å²) in [5, 5.41) is 10.7. The minimum atomic E-state index is -3.61. The summed E-state index contributed by atoms with van der Waals surface area (Å²) in [7, 11) is 0.253. The maximum atomic E-state index is 13.3. The minimum absolute atomic E-state index is 0.144. The molecule has 0 aliphatic carbocycles. The fourth-order valence-electron chi connectivity index (χ4n) is 5.12. The molecule has 0 radical (unpaired) electrons. The lowest BCUT2D eigenvalue weighted by Gasteiger charge is -2.18. The van der Waals surface area contributed by atoms with Crippen LogP contribution in [0, 0.1) is 0 Å². The van der Waals surface area contributed by atoms with E-state index in [1.807, 2.05) is 43.3 Å². The molecule has 0 fully saturated rings. The Labute approximate surface area is 230 Å². The number of hydrogen-bond acceptors (Lipinski definition) is 5. The standard InChI is InChI=1S/C31H49NO5S/c1-4-5-6-7-8-9-10-11-12-13-14-15-16-19-26(37-31(33)34)24-25-38(35,36)30-23-18-20-27-28(30)21-17-22-29(27)32(2)3/h17-18,20-23,26H,4-16,19,24-25H2,1-3H3,(H,33,34). The fourth-order valence-corrected chi connectivity index (χ4v) is 6.71. The van der Waals surface area contributed by atoms with Crippen molar-refractivity contribution in [1.29, 1.82) is 0 Å². The Balaban J connectivity index is 1.78. The van der Waals surface area contributed by atoms with Gasteiger partial charge >= 0.3 is 6.16 Å². The fraction of sp³-hybridized carbons (Fsp3) is 0.645. The van der Waals surface area contributed by atoms with Crippen LogP contribution in [0.15, 0.2) is 41.3 Å². The number of hydrogen-bond donors (Lipinski definition) is 1. The van der Waals surface area contributed by atoms with Crippen LogP contribution in [0.5, 0.6) is 0 Å². The monoisotopic (exact) mass is 547 g/mol.